The summed E-state index contributed by atoms with van der Waals surface area (Å²) in [6.07, 6.45) is 1.03. The highest BCUT2D eigenvalue weighted by atomic mass is 32.2. The molecular formula is C11H14F2N2O4S2. The van der Waals surface area contributed by atoms with Crippen molar-refractivity contribution < 1.29 is 25.6 Å². The standard InChI is InChI=1S/C11H14F2N2O4S2/c1-20(16,17)14-4-6-15(7-5-14)21(18,19)11-8-9(12)2-3-10(11)13/h2-3,8H,4-7H2,1H3. The van der Waals surface area contributed by atoms with Crippen LogP contribution in [0.1, 0.15) is 0 Å². The van der Waals surface area contributed by atoms with Crippen LogP contribution in [0, 0.1) is 11.6 Å². The van der Waals surface area contributed by atoms with Gasteiger partial charge in [-0.15, -0.1) is 0 Å². The van der Waals surface area contributed by atoms with Gasteiger partial charge in [0.15, 0.2) is 0 Å². The summed E-state index contributed by atoms with van der Waals surface area (Å²) >= 11 is 0. The Morgan fingerprint density at radius 1 is 0.952 bits per heavy atom. The molecule has 0 amide bonds. The molecule has 0 N–H and O–H groups in total. The molecule has 118 valence electrons. The van der Waals surface area contributed by atoms with Gasteiger partial charge in [0.05, 0.1) is 6.26 Å². The van der Waals surface area contributed by atoms with E-state index in [4.69, 9.17) is 0 Å². The molecule has 0 atom stereocenters. The number of piperazine rings is 1. The molecule has 0 spiro atoms. The molecule has 6 nitrogen and oxygen atoms in total. The maximum Gasteiger partial charge on any atom is 0.246 e. The minimum Gasteiger partial charge on any atom is -0.213 e. The Balaban J connectivity index is 2.25. The van der Waals surface area contributed by atoms with Crippen molar-refractivity contribution in [1.29, 1.82) is 0 Å². The SMILES string of the molecule is CS(=O)(=O)N1CCN(S(=O)(=O)c2cc(F)ccc2F)CC1. The van der Waals surface area contributed by atoms with Crippen molar-refractivity contribution in [3.05, 3.63) is 29.8 Å². The van der Waals surface area contributed by atoms with Crippen molar-refractivity contribution in [3.63, 3.8) is 0 Å². The van der Waals surface area contributed by atoms with Gasteiger partial charge in [-0.05, 0) is 18.2 Å². The molecule has 10 heteroatoms. The van der Waals surface area contributed by atoms with E-state index in [2.05, 4.69) is 0 Å². The smallest absolute Gasteiger partial charge is 0.213 e. The molecular weight excluding hydrogens is 326 g/mol. The first-order valence-corrected chi connectivity index (χ1v) is 9.31. The highest BCUT2D eigenvalue weighted by molar-refractivity contribution is 7.89. The third-order valence-electron chi connectivity index (χ3n) is 3.18. The zero-order valence-corrected chi connectivity index (χ0v) is 12.8. The van der Waals surface area contributed by atoms with Gasteiger partial charge < -0.3 is 0 Å². The van der Waals surface area contributed by atoms with Crippen LogP contribution in [0.4, 0.5) is 8.78 Å². The molecule has 0 saturated carbocycles. The summed E-state index contributed by atoms with van der Waals surface area (Å²) in [7, 11) is -7.58. The average Bonchev–Trinajstić information content (AvgIpc) is 2.40. The van der Waals surface area contributed by atoms with E-state index in [1.165, 1.54) is 0 Å². The summed E-state index contributed by atoms with van der Waals surface area (Å²) in [6, 6.07) is 2.19. The van der Waals surface area contributed by atoms with E-state index in [9.17, 15) is 25.6 Å². The van der Waals surface area contributed by atoms with Crippen molar-refractivity contribution >= 4 is 20.0 Å². The van der Waals surface area contributed by atoms with Crippen molar-refractivity contribution in [2.75, 3.05) is 32.4 Å². The van der Waals surface area contributed by atoms with Crippen LogP contribution in [0.15, 0.2) is 23.1 Å². The van der Waals surface area contributed by atoms with E-state index in [-0.39, 0.29) is 26.2 Å². The fraction of sp³-hybridized carbons (Fsp3) is 0.455. The summed E-state index contributed by atoms with van der Waals surface area (Å²) < 4.78 is 76.1. The third-order valence-corrected chi connectivity index (χ3v) is 6.39. The van der Waals surface area contributed by atoms with E-state index in [0.717, 1.165) is 27.0 Å². The lowest BCUT2D eigenvalue weighted by Gasteiger charge is -2.32. The first-order valence-electron chi connectivity index (χ1n) is 6.03. The number of nitrogens with zero attached hydrogens (tertiary/aromatic N) is 2. The van der Waals surface area contributed by atoms with Gasteiger partial charge in [0.25, 0.3) is 0 Å². The Hall–Kier alpha value is -1.10. The maximum atomic E-state index is 13.6. The van der Waals surface area contributed by atoms with Gasteiger partial charge in [0.1, 0.15) is 16.5 Å². The minimum absolute atomic E-state index is 0.0189. The molecule has 0 radical (unpaired) electrons. The molecule has 1 aromatic rings. The zero-order valence-electron chi connectivity index (χ0n) is 11.2. The molecule has 1 heterocycles. The number of rotatable bonds is 3. The molecule has 1 saturated heterocycles. The van der Waals surface area contributed by atoms with E-state index < -0.39 is 36.6 Å². The molecule has 0 aliphatic carbocycles. The Morgan fingerprint density at radius 3 is 2.00 bits per heavy atom. The fourth-order valence-electron chi connectivity index (χ4n) is 2.06. The minimum atomic E-state index is -4.19. The Kier molecular flexibility index (Phi) is 4.34. The Bertz CT molecular complexity index is 741. The van der Waals surface area contributed by atoms with E-state index in [0.29, 0.717) is 6.07 Å². The Labute approximate surface area is 122 Å². The maximum absolute atomic E-state index is 13.6. The lowest BCUT2D eigenvalue weighted by atomic mass is 10.3. The highest BCUT2D eigenvalue weighted by Gasteiger charge is 2.33. The molecule has 0 aromatic heterocycles. The largest absolute Gasteiger partial charge is 0.246 e. The Morgan fingerprint density at radius 2 is 1.48 bits per heavy atom. The second-order valence-electron chi connectivity index (χ2n) is 4.64. The van der Waals surface area contributed by atoms with Gasteiger partial charge in [-0.2, -0.15) is 8.61 Å². The highest BCUT2D eigenvalue weighted by Crippen LogP contribution is 2.22. The van der Waals surface area contributed by atoms with Gasteiger partial charge >= 0.3 is 0 Å². The number of hydrogen-bond acceptors (Lipinski definition) is 4. The van der Waals surface area contributed by atoms with Gasteiger partial charge in [0, 0.05) is 26.2 Å². The molecule has 1 aliphatic rings. The number of benzene rings is 1. The van der Waals surface area contributed by atoms with Crippen LogP contribution in [0.25, 0.3) is 0 Å². The van der Waals surface area contributed by atoms with Crippen LogP contribution >= 0.6 is 0 Å². The van der Waals surface area contributed by atoms with E-state index >= 15 is 0 Å². The normalized spacial score (nSPS) is 18.8. The van der Waals surface area contributed by atoms with Crippen LogP contribution in [0.5, 0.6) is 0 Å². The third kappa shape index (κ3) is 3.39. The summed E-state index contributed by atoms with van der Waals surface area (Å²) in [5, 5.41) is 0. The van der Waals surface area contributed by atoms with Gasteiger partial charge in [0.2, 0.25) is 20.0 Å². The molecule has 0 unspecified atom stereocenters. The van der Waals surface area contributed by atoms with Crippen LogP contribution < -0.4 is 0 Å². The van der Waals surface area contributed by atoms with Crippen molar-refractivity contribution in [2.24, 2.45) is 0 Å². The summed E-state index contributed by atoms with van der Waals surface area (Å²) in [5.74, 6) is -1.90. The lowest BCUT2D eigenvalue weighted by molar-refractivity contribution is 0.273. The van der Waals surface area contributed by atoms with Crippen molar-refractivity contribution in [3.8, 4) is 0 Å². The van der Waals surface area contributed by atoms with E-state index in [1.54, 1.807) is 0 Å². The fourth-order valence-corrected chi connectivity index (χ4v) is 4.38. The molecule has 1 aromatic carbocycles. The number of sulfonamides is 2. The van der Waals surface area contributed by atoms with Crippen LogP contribution in [-0.4, -0.2) is 57.9 Å². The summed E-state index contributed by atoms with van der Waals surface area (Å²) in [6.45, 7) is -0.249. The topological polar surface area (TPSA) is 74.8 Å². The second kappa shape index (κ2) is 5.59. The summed E-state index contributed by atoms with van der Waals surface area (Å²) in [5.41, 5.74) is 0. The quantitative estimate of drug-likeness (QED) is 0.789. The van der Waals surface area contributed by atoms with Gasteiger partial charge in [-0.25, -0.2) is 25.6 Å². The first-order chi connectivity index (χ1) is 9.62. The monoisotopic (exact) mass is 340 g/mol. The van der Waals surface area contributed by atoms with Crippen LogP contribution in [0.3, 0.4) is 0 Å². The van der Waals surface area contributed by atoms with Gasteiger partial charge in [-0.3, -0.25) is 0 Å². The van der Waals surface area contributed by atoms with Gasteiger partial charge in [-0.1, -0.05) is 0 Å². The summed E-state index contributed by atoms with van der Waals surface area (Å²) in [4.78, 5) is -0.740. The zero-order chi connectivity index (χ0) is 15.8. The molecule has 0 bridgehead atoms. The molecule has 2 rings (SSSR count). The lowest BCUT2D eigenvalue weighted by Crippen LogP contribution is -2.50. The predicted octanol–water partition coefficient (Wildman–Crippen LogP) is 0.231. The second-order valence-corrected chi connectivity index (χ2v) is 8.53. The number of halogens is 2. The van der Waals surface area contributed by atoms with E-state index in [1.807, 2.05) is 0 Å². The first kappa shape index (κ1) is 16.3. The van der Waals surface area contributed by atoms with Crippen LogP contribution in [-0.2, 0) is 20.0 Å². The molecule has 21 heavy (non-hydrogen) atoms. The number of hydrogen-bond donors (Lipinski definition) is 0. The van der Waals surface area contributed by atoms with Crippen molar-refractivity contribution in [1.82, 2.24) is 8.61 Å². The average molecular weight is 340 g/mol. The molecule has 1 fully saturated rings. The van der Waals surface area contributed by atoms with Crippen molar-refractivity contribution in [2.45, 2.75) is 4.90 Å². The van der Waals surface area contributed by atoms with Crippen LogP contribution in [0.2, 0.25) is 0 Å². The molecule has 1 aliphatic heterocycles. The predicted molar refractivity (Wildman–Crippen MR) is 71.5 cm³/mol.